The van der Waals surface area contributed by atoms with Crippen LogP contribution in [0.15, 0.2) is 54.6 Å². The zero-order valence-electron chi connectivity index (χ0n) is 13.2. The maximum atomic E-state index is 11.9. The van der Waals surface area contributed by atoms with E-state index in [-0.39, 0.29) is 18.4 Å². The number of carbonyl (C=O) groups is 1. The highest BCUT2D eigenvalue weighted by molar-refractivity contribution is 6.31. The SMILES string of the molecule is O=C(O)[C@H](c1ccccc1Cl)N1C[C@H](CO)[C@@H](c2ccccc2)C1. The molecule has 2 aromatic carbocycles. The van der Waals surface area contributed by atoms with Crippen molar-refractivity contribution in [1.82, 2.24) is 4.90 Å². The van der Waals surface area contributed by atoms with Crippen LogP contribution in [0.4, 0.5) is 0 Å². The number of likely N-dealkylation sites (tertiary alicyclic amines) is 1. The summed E-state index contributed by atoms with van der Waals surface area (Å²) in [7, 11) is 0. The van der Waals surface area contributed by atoms with E-state index in [9.17, 15) is 15.0 Å². The normalized spacial score (nSPS) is 22.4. The minimum absolute atomic E-state index is 0.0109. The molecule has 2 N–H and O–H groups in total. The summed E-state index contributed by atoms with van der Waals surface area (Å²) < 4.78 is 0. The van der Waals surface area contributed by atoms with Gasteiger partial charge in [-0.3, -0.25) is 9.69 Å². The van der Waals surface area contributed by atoms with Gasteiger partial charge in [-0.05, 0) is 17.2 Å². The second kappa shape index (κ2) is 7.34. The third-order valence-corrected chi connectivity index (χ3v) is 5.07. The van der Waals surface area contributed by atoms with Gasteiger partial charge < -0.3 is 10.2 Å². The van der Waals surface area contributed by atoms with Gasteiger partial charge in [0.25, 0.3) is 0 Å². The molecular formula is C19H20ClNO3. The monoisotopic (exact) mass is 345 g/mol. The number of hydrogen-bond acceptors (Lipinski definition) is 3. The van der Waals surface area contributed by atoms with Gasteiger partial charge >= 0.3 is 5.97 Å². The minimum atomic E-state index is -0.923. The third kappa shape index (κ3) is 3.31. The number of carboxylic acids is 1. The van der Waals surface area contributed by atoms with Crippen molar-refractivity contribution >= 4 is 17.6 Å². The molecule has 1 aliphatic rings. The van der Waals surface area contributed by atoms with Crippen molar-refractivity contribution in [2.45, 2.75) is 12.0 Å². The molecule has 0 bridgehead atoms. The molecule has 0 saturated carbocycles. The average Bonchev–Trinajstić information content (AvgIpc) is 3.01. The Balaban J connectivity index is 1.91. The second-order valence-electron chi connectivity index (χ2n) is 6.18. The molecule has 24 heavy (non-hydrogen) atoms. The Kier molecular flexibility index (Phi) is 5.19. The Hall–Kier alpha value is -1.88. The molecule has 0 aliphatic carbocycles. The van der Waals surface area contributed by atoms with Gasteiger partial charge in [-0.15, -0.1) is 0 Å². The van der Waals surface area contributed by atoms with Crippen LogP contribution in [0.1, 0.15) is 23.1 Å². The highest BCUT2D eigenvalue weighted by Crippen LogP contribution is 2.38. The van der Waals surface area contributed by atoms with Gasteiger partial charge in [0.05, 0.1) is 0 Å². The fourth-order valence-electron chi connectivity index (χ4n) is 3.56. The van der Waals surface area contributed by atoms with Gasteiger partial charge in [0.1, 0.15) is 6.04 Å². The number of benzene rings is 2. The first-order valence-corrected chi connectivity index (χ1v) is 8.36. The van der Waals surface area contributed by atoms with Crippen molar-refractivity contribution in [3.63, 3.8) is 0 Å². The predicted octanol–water partition coefficient (Wildman–Crippen LogP) is 3.17. The van der Waals surface area contributed by atoms with Crippen LogP contribution in [-0.4, -0.2) is 40.8 Å². The first-order chi connectivity index (χ1) is 11.6. The number of halogens is 1. The molecule has 1 fully saturated rings. The molecule has 1 saturated heterocycles. The number of aliphatic carboxylic acids is 1. The van der Waals surface area contributed by atoms with Crippen LogP contribution in [0.5, 0.6) is 0 Å². The van der Waals surface area contributed by atoms with Crippen molar-refractivity contribution in [1.29, 1.82) is 0 Å². The lowest BCUT2D eigenvalue weighted by molar-refractivity contribution is -0.143. The Morgan fingerprint density at radius 1 is 1.12 bits per heavy atom. The van der Waals surface area contributed by atoms with Gasteiger partial charge in [0.15, 0.2) is 0 Å². The number of aliphatic hydroxyl groups excluding tert-OH is 1. The van der Waals surface area contributed by atoms with Crippen LogP contribution in [0.25, 0.3) is 0 Å². The van der Waals surface area contributed by atoms with Crippen molar-refractivity contribution in [2.24, 2.45) is 5.92 Å². The molecule has 4 nitrogen and oxygen atoms in total. The molecule has 0 aromatic heterocycles. The number of hydrogen-bond donors (Lipinski definition) is 2. The van der Waals surface area contributed by atoms with E-state index in [0.29, 0.717) is 23.7 Å². The van der Waals surface area contributed by atoms with E-state index in [1.807, 2.05) is 35.2 Å². The fraction of sp³-hybridized carbons (Fsp3) is 0.316. The van der Waals surface area contributed by atoms with Crippen molar-refractivity contribution in [3.8, 4) is 0 Å². The smallest absolute Gasteiger partial charge is 0.325 e. The van der Waals surface area contributed by atoms with Gasteiger partial charge in [-0.1, -0.05) is 60.1 Å². The Bertz CT molecular complexity index is 707. The second-order valence-corrected chi connectivity index (χ2v) is 6.58. The number of aliphatic hydroxyl groups is 1. The van der Waals surface area contributed by atoms with Crippen molar-refractivity contribution < 1.29 is 15.0 Å². The highest BCUT2D eigenvalue weighted by atomic mass is 35.5. The van der Waals surface area contributed by atoms with E-state index in [0.717, 1.165) is 5.56 Å². The van der Waals surface area contributed by atoms with Crippen LogP contribution >= 0.6 is 11.6 Å². The molecule has 3 atom stereocenters. The topological polar surface area (TPSA) is 60.8 Å². The lowest BCUT2D eigenvalue weighted by atomic mass is 9.90. The van der Waals surface area contributed by atoms with E-state index >= 15 is 0 Å². The summed E-state index contributed by atoms with van der Waals surface area (Å²) in [4.78, 5) is 13.8. The van der Waals surface area contributed by atoms with Crippen molar-refractivity contribution in [2.75, 3.05) is 19.7 Å². The van der Waals surface area contributed by atoms with Crippen LogP contribution in [-0.2, 0) is 4.79 Å². The van der Waals surface area contributed by atoms with E-state index in [2.05, 4.69) is 0 Å². The molecule has 0 spiro atoms. The van der Waals surface area contributed by atoms with Crippen LogP contribution < -0.4 is 0 Å². The van der Waals surface area contributed by atoms with E-state index in [1.165, 1.54) is 0 Å². The molecule has 0 unspecified atom stereocenters. The summed E-state index contributed by atoms with van der Waals surface area (Å²) in [6, 6.07) is 16.2. The van der Waals surface area contributed by atoms with E-state index in [4.69, 9.17) is 11.6 Å². The Morgan fingerprint density at radius 2 is 1.79 bits per heavy atom. The number of carboxylic acid groups (broad SMARTS) is 1. The predicted molar refractivity (Wildman–Crippen MR) is 93.2 cm³/mol. The first-order valence-electron chi connectivity index (χ1n) is 7.99. The zero-order chi connectivity index (χ0) is 17.1. The summed E-state index contributed by atoms with van der Waals surface area (Å²) >= 11 is 6.23. The quantitative estimate of drug-likeness (QED) is 0.873. The average molecular weight is 346 g/mol. The summed E-state index contributed by atoms with van der Waals surface area (Å²) in [5, 5.41) is 20.0. The molecule has 1 heterocycles. The zero-order valence-corrected chi connectivity index (χ0v) is 13.9. The Labute approximate surface area is 146 Å². The van der Waals surface area contributed by atoms with Crippen LogP contribution in [0.2, 0.25) is 5.02 Å². The number of nitrogens with zero attached hydrogens (tertiary/aromatic N) is 1. The van der Waals surface area contributed by atoms with Gasteiger partial charge in [0, 0.05) is 36.6 Å². The molecule has 126 valence electrons. The van der Waals surface area contributed by atoms with Gasteiger partial charge in [-0.25, -0.2) is 0 Å². The summed E-state index contributed by atoms with van der Waals surface area (Å²) in [6.45, 7) is 1.14. The minimum Gasteiger partial charge on any atom is -0.480 e. The maximum Gasteiger partial charge on any atom is 0.325 e. The van der Waals surface area contributed by atoms with E-state index < -0.39 is 12.0 Å². The molecule has 5 heteroatoms. The van der Waals surface area contributed by atoms with Gasteiger partial charge in [0.2, 0.25) is 0 Å². The van der Waals surface area contributed by atoms with Crippen LogP contribution in [0, 0.1) is 5.92 Å². The molecule has 3 rings (SSSR count). The first kappa shape index (κ1) is 17.0. The third-order valence-electron chi connectivity index (χ3n) is 4.73. The largest absolute Gasteiger partial charge is 0.480 e. The number of rotatable bonds is 5. The fourth-order valence-corrected chi connectivity index (χ4v) is 3.80. The molecule has 0 radical (unpaired) electrons. The summed E-state index contributed by atoms with van der Waals surface area (Å²) in [5.41, 5.74) is 1.72. The van der Waals surface area contributed by atoms with Crippen LogP contribution in [0.3, 0.4) is 0 Å². The molecule has 0 amide bonds. The molecule has 2 aromatic rings. The standard InChI is InChI=1S/C19H20ClNO3/c20-17-9-5-4-8-15(17)18(19(23)24)21-10-14(12-22)16(11-21)13-6-2-1-3-7-13/h1-9,14,16,18,22H,10-12H2,(H,23,24)/t14-,16-,18+/m1/s1. The highest BCUT2D eigenvalue weighted by Gasteiger charge is 2.40. The van der Waals surface area contributed by atoms with Crippen molar-refractivity contribution in [3.05, 3.63) is 70.7 Å². The summed E-state index contributed by atoms with van der Waals surface area (Å²) in [5.74, 6) is -0.800. The Morgan fingerprint density at radius 3 is 2.42 bits per heavy atom. The summed E-state index contributed by atoms with van der Waals surface area (Å²) in [6.07, 6.45) is 0. The lowest BCUT2D eigenvalue weighted by Crippen LogP contribution is -2.33. The van der Waals surface area contributed by atoms with Gasteiger partial charge in [-0.2, -0.15) is 0 Å². The lowest BCUT2D eigenvalue weighted by Gasteiger charge is -2.25. The molecular weight excluding hydrogens is 326 g/mol. The molecule has 1 aliphatic heterocycles. The van der Waals surface area contributed by atoms with E-state index in [1.54, 1.807) is 24.3 Å². The maximum absolute atomic E-state index is 11.9.